The van der Waals surface area contributed by atoms with Gasteiger partial charge in [-0.1, -0.05) is 42.5 Å². The van der Waals surface area contributed by atoms with Crippen molar-refractivity contribution in [1.29, 1.82) is 0 Å². The molecule has 0 spiro atoms. The summed E-state index contributed by atoms with van der Waals surface area (Å²) in [4.78, 5) is 18.8. The van der Waals surface area contributed by atoms with Crippen molar-refractivity contribution in [3.63, 3.8) is 0 Å². The van der Waals surface area contributed by atoms with Gasteiger partial charge < -0.3 is 14.6 Å². The predicted molar refractivity (Wildman–Crippen MR) is 139 cm³/mol. The number of hydrogen-bond donors (Lipinski definition) is 2. The Hall–Kier alpha value is -2.94. The Balaban J connectivity index is 1.10. The highest BCUT2D eigenvalue weighted by atomic mass is 32.2. The Labute approximate surface area is 211 Å². The van der Waals surface area contributed by atoms with E-state index >= 15 is 0 Å². The molecular formula is C28H31N3O4S. The molecule has 1 aromatic heterocycles. The van der Waals surface area contributed by atoms with Gasteiger partial charge in [0.25, 0.3) is 0 Å². The molecule has 36 heavy (non-hydrogen) atoms. The Kier molecular flexibility index (Phi) is 6.19. The van der Waals surface area contributed by atoms with Crippen LogP contribution >= 0.6 is 0 Å². The van der Waals surface area contributed by atoms with E-state index in [1.54, 1.807) is 12.1 Å². The lowest BCUT2D eigenvalue weighted by atomic mass is 9.85. The van der Waals surface area contributed by atoms with Crippen LogP contribution < -0.4 is 4.72 Å². The second-order valence-corrected chi connectivity index (χ2v) is 11.8. The minimum atomic E-state index is -3.67. The molecule has 2 heterocycles. The van der Waals surface area contributed by atoms with E-state index in [1.807, 2.05) is 47.4 Å². The quantitative estimate of drug-likeness (QED) is 0.491. The topological polar surface area (TPSA) is 91.5 Å². The molecule has 2 aromatic carbocycles. The van der Waals surface area contributed by atoms with Gasteiger partial charge in [-0.2, -0.15) is 0 Å². The lowest BCUT2D eigenvalue weighted by molar-refractivity contribution is -0.143. The number of nitrogens with one attached hydrogen (secondary N) is 2. The van der Waals surface area contributed by atoms with Crippen molar-refractivity contribution in [1.82, 2.24) is 14.6 Å². The van der Waals surface area contributed by atoms with E-state index in [9.17, 15) is 13.2 Å². The normalized spacial score (nSPS) is 24.5. The maximum atomic E-state index is 13.2. The molecule has 3 aliphatic rings. The highest BCUT2D eigenvalue weighted by molar-refractivity contribution is 7.89. The number of rotatable bonds is 6. The zero-order valence-corrected chi connectivity index (χ0v) is 21.0. The fourth-order valence-corrected chi connectivity index (χ4v) is 6.86. The third-order valence-electron chi connectivity index (χ3n) is 7.67. The summed E-state index contributed by atoms with van der Waals surface area (Å²) < 4.78 is 34.9. The van der Waals surface area contributed by atoms with Crippen LogP contribution in [0.1, 0.15) is 32.1 Å². The largest absolute Gasteiger partial charge is 0.377 e. The molecule has 1 saturated heterocycles. The number of fused-ring (bicyclic) bond motifs is 1. The minimum absolute atomic E-state index is 0.0441. The van der Waals surface area contributed by atoms with E-state index in [0.717, 1.165) is 28.6 Å². The van der Waals surface area contributed by atoms with Gasteiger partial charge in [-0.15, -0.1) is 0 Å². The number of aromatic nitrogens is 1. The second kappa shape index (κ2) is 9.50. The highest BCUT2D eigenvalue weighted by Crippen LogP contribution is 2.33. The number of sulfonamides is 1. The van der Waals surface area contributed by atoms with Crippen LogP contribution in [-0.4, -0.2) is 56.1 Å². The van der Waals surface area contributed by atoms with Crippen LogP contribution in [0.2, 0.25) is 0 Å². The molecule has 1 atom stereocenters. The van der Waals surface area contributed by atoms with Crippen molar-refractivity contribution >= 4 is 26.8 Å². The monoisotopic (exact) mass is 505 g/mol. The number of allylic oxidation sites excluding steroid dienone is 1. The Morgan fingerprint density at radius 3 is 2.56 bits per heavy atom. The molecule has 2 aliphatic carbocycles. The first-order valence-electron chi connectivity index (χ1n) is 12.8. The molecule has 7 nitrogen and oxygen atoms in total. The smallest absolute Gasteiger partial charge is 0.240 e. The fraction of sp³-hybridized carbons (Fsp3) is 0.393. The summed E-state index contributed by atoms with van der Waals surface area (Å²) in [5.41, 5.74) is 4.10. The fourth-order valence-electron chi connectivity index (χ4n) is 5.53. The molecule has 188 valence electrons. The number of nitrogens with zero attached hydrogens (tertiary/aromatic N) is 1. The minimum Gasteiger partial charge on any atom is -0.377 e. The Morgan fingerprint density at radius 1 is 1.03 bits per heavy atom. The van der Waals surface area contributed by atoms with E-state index in [0.29, 0.717) is 45.4 Å². The van der Waals surface area contributed by atoms with Crippen molar-refractivity contribution < 1.29 is 17.9 Å². The van der Waals surface area contributed by atoms with Crippen LogP contribution in [0, 0.1) is 5.92 Å². The third-order valence-corrected chi connectivity index (χ3v) is 9.18. The summed E-state index contributed by atoms with van der Waals surface area (Å²) >= 11 is 0. The van der Waals surface area contributed by atoms with Gasteiger partial charge in [0.05, 0.1) is 24.2 Å². The van der Waals surface area contributed by atoms with Gasteiger partial charge >= 0.3 is 0 Å². The van der Waals surface area contributed by atoms with Gasteiger partial charge in [-0.3, -0.25) is 4.79 Å². The summed E-state index contributed by atoms with van der Waals surface area (Å²) in [5, 5.41) is 0.968. The van der Waals surface area contributed by atoms with E-state index in [-0.39, 0.29) is 28.8 Å². The first-order chi connectivity index (χ1) is 17.5. The molecule has 0 unspecified atom stereocenters. The summed E-state index contributed by atoms with van der Waals surface area (Å²) in [6.07, 6.45) is 5.87. The lowest BCUT2D eigenvalue weighted by Gasteiger charge is -2.38. The number of benzene rings is 2. The maximum absolute atomic E-state index is 13.2. The van der Waals surface area contributed by atoms with Crippen LogP contribution in [0.3, 0.4) is 0 Å². The number of ether oxygens (including phenoxy) is 1. The van der Waals surface area contributed by atoms with E-state index in [4.69, 9.17) is 4.74 Å². The van der Waals surface area contributed by atoms with Crippen LogP contribution in [0.5, 0.6) is 0 Å². The molecule has 2 fully saturated rings. The predicted octanol–water partition coefficient (Wildman–Crippen LogP) is 4.23. The number of carbonyl (C=O) groups is 1. The number of aromatic amines is 1. The van der Waals surface area contributed by atoms with Gasteiger partial charge in [0, 0.05) is 35.1 Å². The van der Waals surface area contributed by atoms with E-state index < -0.39 is 10.0 Å². The molecule has 1 saturated carbocycles. The molecule has 2 N–H and O–H groups in total. The summed E-state index contributed by atoms with van der Waals surface area (Å²) in [7, 11) is -3.67. The zero-order valence-electron chi connectivity index (χ0n) is 20.2. The Morgan fingerprint density at radius 2 is 1.81 bits per heavy atom. The van der Waals surface area contributed by atoms with Crippen molar-refractivity contribution in [3.8, 4) is 11.3 Å². The maximum Gasteiger partial charge on any atom is 0.240 e. The first kappa shape index (κ1) is 23.5. The number of morpholine rings is 1. The molecule has 1 aliphatic heterocycles. The SMILES string of the molecule is O=C([C@H]1CC[C@H](NS(=O)(=O)c2ccc3cc(-c4ccccc4)[nH]c3c2)CC1)N1CCOC[C@@H]1C1=CC1. The molecule has 0 bridgehead atoms. The van der Waals surface area contributed by atoms with Crippen LogP contribution in [0.15, 0.2) is 71.1 Å². The van der Waals surface area contributed by atoms with E-state index in [1.165, 1.54) is 5.57 Å². The molecule has 6 rings (SSSR count). The number of amides is 1. The van der Waals surface area contributed by atoms with Gasteiger partial charge in [-0.25, -0.2) is 13.1 Å². The molecule has 8 heteroatoms. The molecular weight excluding hydrogens is 474 g/mol. The van der Waals surface area contributed by atoms with Crippen molar-refractivity contribution in [2.24, 2.45) is 5.92 Å². The Bertz CT molecular complexity index is 1410. The standard InChI is InChI=1S/C28H31N3O4S/c32-28(31-14-15-35-18-27(31)20-6-7-20)21-8-11-23(12-9-21)30-36(33,34)24-13-10-22-16-25(29-26(22)17-24)19-4-2-1-3-5-19/h1-6,10,13,16-17,21,23,27,29-30H,7-9,11-12,14-15,18H2/t21-,23-,27-/m1/s1. The lowest BCUT2D eigenvalue weighted by Crippen LogP contribution is -2.51. The second-order valence-electron chi connectivity index (χ2n) is 10.1. The van der Waals surface area contributed by atoms with Crippen LogP contribution in [0.25, 0.3) is 22.2 Å². The van der Waals surface area contributed by atoms with E-state index in [2.05, 4.69) is 15.8 Å². The van der Waals surface area contributed by atoms with Crippen LogP contribution in [0.4, 0.5) is 0 Å². The van der Waals surface area contributed by atoms with Gasteiger partial charge in [0.1, 0.15) is 0 Å². The molecule has 0 radical (unpaired) electrons. The number of hydrogen-bond acceptors (Lipinski definition) is 4. The highest BCUT2D eigenvalue weighted by Gasteiger charge is 2.37. The van der Waals surface area contributed by atoms with Gasteiger partial charge in [0.2, 0.25) is 15.9 Å². The average molecular weight is 506 g/mol. The van der Waals surface area contributed by atoms with Crippen molar-refractivity contribution in [2.45, 2.75) is 49.1 Å². The van der Waals surface area contributed by atoms with Gasteiger partial charge in [0.15, 0.2) is 0 Å². The summed E-state index contributed by atoms with van der Waals surface area (Å²) in [5.74, 6) is 0.154. The summed E-state index contributed by atoms with van der Waals surface area (Å²) in [6, 6.07) is 17.1. The zero-order chi connectivity index (χ0) is 24.7. The van der Waals surface area contributed by atoms with Crippen molar-refractivity contribution in [3.05, 3.63) is 66.2 Å². The summed E-state index contributed by atoms with van der Waals surface area (Å²) in [6.45, 7) is 1.81. The van der Waals surface area contributed by atoms with Crippen molar-refractivity contribution in [2.75, 3.05) is 19.8 Å². The third kappa shape index (κ3) is 4.73. The number of carbonyl (C=O) groups excluding carboxylic acids is 1. The average Bonchev–Trinajstić information content (AvgIpc) is 3.67. The van der Waals surface area contributed by atoms with Gasteiger partial charge in [-0.05, 0) is 61.4 Å². The first-order valence-corrected chi connectivity index (χ1v) is 14.2. The molecule has 3 aromatic rings. The number of H-pyrrole nitrogens is 1. The van der Waals surface area contributed by atoms with Crippen LogP contribution in [-0.2, 0) is 19.6 Å². The molecule has 1 amide bonds.